The molecule has 2 N–H and O–H groups in total. The molecule has 4 nitrogen and oxygen atoms in total. The van der Waals surface area contributed by atoms with Crippen molar-refractivity contribution < 1.29 is 9.53 Å². The third-order valence-corrected chi connectivity index (χ3v) is 4.23. The molecule has 1 aliphatic heterocycles. The molecule has 0 radical (unpaired) electrons. The standard InChI is InChI=1S/C17H22N2O2/c1-3-14-11(2)18-16-7-6-12(9-15(14)16)17(20)19-13-5-4-8-21-10-13/h6-7,9,13,18H,3-5,8,10H2,1-2H3,(H,19,20). The van der Waals surface area contributed by atoms with E-state index < -0.39 is 0 Å². The van der Waals surface area contributed by atoms with Crippen LogP contribution in [0.2, 0.25) is 0 Å². The molecule has 4 heteroatoms. The van der Waals surface area contributed by atoms with Crippen LogP contribution in [0.15, 0.2) is 18.2 Å². The Balaban J connectivity index is 1.84. The summed E-state index contributed by atoms with van der Waals surface area (Å²) < 4.78 is 5.41. The quantitative estimate of drug-likeness (QED) is 0.911. The summed E-state index contributed by atoms with van der Waals surface area (Å²) in [6.07, 6.45) is 2.98. The van der Waals surface area contributed by atoms with Crippen LogP contribution < -0.4 is 5.32 Å². The Hall–Kier alpha value is -1.81. The van der Waals surface area contributed by atoms with Crippen LogP contribution in [0.3, 0.4) is 0 Å². The number of hydrogen-bond acceptors (Lipinski definition) is 2. The number of ether oxygens (including phenoxy) is 1. The number of aromatic nitrogens is 1. The number of fused-ring (bicyclic) bond motifs is 1. The van der Waals surface area contributed by atoms with Crippen molar-refractivity contribution in [2.75, 3.05) is 13.2 Å². The second-order valence-corrected chi connectivity index (χ2v) is 5.73. The van der Waals surface area contributed by atoms with Gasteiger partial charge in [-0.3, -0.25) is 4.79 Å². The van der Waals surface area contributed by atoms with Gasteiger partial charge in [-0.1, -0.05) is 6.92 Å². The van der Waals surface area contributed by atoms with E-state index in [0.717, 1.165) is 42.3 Å². The minimum atomic E-state index is -0.00620. The SMILES string of the molecule is CCc1c(C)[nH]c2ccc(C(=O)NC3CCCOC3)cc12. The highest BCUT2D eigenvalue weighted by Crippen LogP contribution is 2.24. The van der Waals surface area contributed by atoms with Gasteiger partial charge in [0.25, 0.3) is 5.91 Å². The first-order chi connectivity index (χ1) is 10.2. The summed E-state index contributed by atoms with van der Waals surface area (Å²) in [6, 6.07) is 6.02. The maximum atomic E-state index is 12.4. The molecule has 1 amide bonds. The van der Waals surface area contributed by atoms with Gasteiger partial charge in [0, 0.05) is 28.8 Å². The predicted molar refractivity (Wildman–Crippen MR) is 83.7 cm³/mol. The average molecular weight is 286 g/mol. The number of benzene rings is 1. The summed E-state index contributed by atoms with van der Waals surface area (Å²) in [5.41, 5.74) is 4.30. The van der Waals surface area contributed by atoms with Crippen molar-refractivity contribution in [3.8, 4) is 0 Å². The predicted octanol–water partition coefficient (Wildman–Crippen LogP) is 2.95. The Morgan fingerprint density at radius 2 is 2.33 bits per heavy atom. The molecule has 1 aromatic heterocycles. The highest BCUT2D eigenvalue weighted by atomic mass is 16.5. The molecule has 0 saturated carbocycles. The minimum absolute atomic E-state index is 0.00620. The lowest BCUT2D eigenvalue weighted by molar-refractivity contribution is 0.0624. The van der Waals surface area contributed by atoms with Crippen molar-refractivity contribution in [2.45, 2.75) is 39.2 Å². The van der Waals surface area contributed by atoms with E-state index in [1.807, 2.05) is 18.2 Å². The lowest BCUT2D eigenvalue weighted by atomic mass is 10.0. The van der Waals surface area contributed by atoms with Crippen LogP contribution in [0.5, 0.6) is 0 Å². The largest absolute Gasteiger partial charge is 0.379 e. The highest BCUT2D eigenvalue weighted by molar-refractivity contribution is 5.99. The van der Waals surface area contributed by atoms with Gasteiger partial charge >= 0.3 is 0 Å². The number of aryl methyl sites for hydroxylation is 2. The van der Waals surface area contributed by atoms with Gasteiger partial charge in [0.1, 0.15) is 0 Å². The smallest absolute Gasteiger partial charge is 0.251 e. The van der Waals surface area contributed by atoms with Crippen LogP contribution in [-0.4, -0.2) is 30.1 Å². The van der Waals surface area contributed by atoms with E-state index in [9.17, 15) is 4.79 Å². The first-order valence-electron chi connectivity index (χ1n) is 7.69. The summed E-state index contributed by atoms with van der Waals surface area (Å²) in [7, 11) is 0. The van der Waals surface area contributed by atoms with Crippen molar-refractivity contribution in [3.05, 3.63) is 35.0 Å². The number of carbonyl (C=O) groups is 1. The Morgan fingerprint density at radius 3 is 3.05 bits per heavy atom. The van der Waals surface area contributed by atoms with E-state index in [1.54, 1.807) is 0 Å². The van der Waals surface area contributed by atoms with Gasteiger partial charge in [-0.25, -0.2) is 0 Å². The fourth-order valence-electron chi connectivity index (χ4n) is 3.10. The molecule has 2 heterocycles. The van der Waals surface area contributed by atoms with Crippen molar-refractivity contribution in [1.82, 2.24) is 10.3 Å². The van der Waals surface area contributed by atoms with E-state index in [0.29, 0.717) is 6.61 Å². The third-order valence-electron chi connectivity index (χ3n) is 4.23. The number of H-pyrrole nitrogens is 1. The number of hydrogen-bond donors (Lipinski definition) is 2. The number of nitrogens with one attached hydrogen (secondary N) is 2. The normalized spacial score (nSPS) is 18.9. The second kappa shape index (κ2) is 5.90. The zero-order valence-electron chi connectivity index (χ0n) is 12.7. The van der Waals surface area contributed by atoms with Crippen molar-refractivity contribution in [1.29, 1.82) is 0 Å². The molecule has 1 atom stereocenters. The molecule has 1 aliphatic rings. The molecule has 21 heavy (non-hydrogen) atoms. The monoisotopic (exact) mass is 286 g/mol. The average Bonchev–Trinajstić information content (AvgIpc) is 2.82. The van der Waals surface area contributed by atoms with Gasteiger partial charge in [0.15, 0.2) is 0 Å². The van der Waals surface area contributed by atoms with Crippen LogP contribution in [-0.2, 0) is 11.2 Å². The minimum Gasteiger partial charge on any atom is -0.379 e. The van der Waals surface area contributed by atoms with Gasteiger partial charge in [0.05, 0.1) is 12.6 Å². The fraction of sp³-hybridized carbons (Fsp3) is 0.471. The van der Waals surface area contributed by atoms with E-state index in [1.165, 1.54) is 11.3 Å². The van der Waals surface area contributed by atoms with E-state index in [-0.39, 0.29) is 11.9 Å². The third kappa shape index (κ3) is 2.81. The molecule has 3 rings (SSSR count). The van der Waals surface area contributed by atoms with Crippen LogP contribution in [0.1, 0.15) is 41.4 Å². The molecule has 2 aromatic rings. The van der Waals surface area contributed by atoms with Crippen LogP contribution in [0.4, 0.5) is 0 Å². The summed E-state index contributed by atoms with van der Waals surface area (Å²) in [6.45, 7) is 5.65. The lowest BCUT2D eigenvalue weighted by Crippen LogP contribution is -2.40. The Labute approximate surface area is 124 Å². The first kappa shape index (κ1) is 14.1. The zero-order chi connectivity index (χ0) is 14.8. The van der Waals surface area contributed by atoms with E-state index >= 15 is 0 Å². The summed E-state index contributed by atoms with van der Waals surface area (Å²) in [5, 5.41) is 4.23. The van der Waals surface area contributed by atoms with Gasteiger partial charge in [-0.05, 0) is 49.9 Å². The van der Waals surface area contributed by atoms with E-state index in [4.69, 9.17) is 4.74 Å². The summed E-state index contributed by atoms with van der Waals surface area (Å²) in [5.74, 6) is -0.00620. The van der Waals surface area contributed by atoms with Crippen LogP contribution in [0, 0.1) is 6.92 Å². The van der Waals surface area contributed by atoms with Gasteiger partial charge in [0.2, 0.25) is 0 Å². The number of carbonyl (C=O) groups excluding carboxylic acids is 1. The van der Waals surface area contributed by atoms with Crippen molar-refractivity contribution in [2.24, 2.45) is 0 Å². The van der Waals surface area contributed by atoms with Crippen LogP contribution in [0.25, 0.3) is 10.9 Å². The molecule has 0 bridgehead atoms. The molecule has 1 unspecified atom stereocenters. The van der Waals surface area contributed by atoms with Crippen LogP contribution >= 0.6 is 0 Å². The maximum absolute atomic E-state index is 12.4. The number of rotatable bonds is 3. The highest BCUT2D eigenvalue weighted by Gasteiger charge is 2.18. The summed E-state index contributed by atoms with van der Waals surface area (Å²) >= 11 is 0. The molecular weight excluding hydrogens is 264 g/mol. The molecule has 1 aromatic carbocycles. The molecule has 112 valence electrons. The van der Waals surface area contributed by atoms with Crippen molar-refractivity contribution >= 4 is 16.8 Å². The Bertz CT molecular complexity index is 654. The molecule has 1 saturated heterocycles. The maximum Gasteiger partial charge on any atom is 0.251 e. The molecule has 1 fully saturated rings. The summed E-state index contributed by atoms with van der Waals surface area (Å²) in [4.78, 5) is 15.8. The number of amides is 1. The first-order valence-corrected chi connectivity index (χ1v) is 7.69. The molecule has 0 aliphatic carbocycles. The van der Waals surface area contributed by atoms with E-state index in [2.05, 4.69) is 24.1 Å². The van der Waals surface area contributed by atoms with Gasteiger partial charge in [-0.2, -0.15) is 0 Å². The van der Waals surface area contributed by atoms with Gasteiger partial charge in [-0.15, -0.1) is 0 Å². The number of aromatic amines is 1. The zero-order valence-corrected chi connectivity index (χ0v) is 12.7. The topological polar surface area (TPSA) is 54.1 Å². The van der Waals surface area contributed by atoms with Gasteiger partial charge < -0.3 is 15.0 Å². The Kier molecular flexibility index (Phi) is 3.97. The molecular formula is C17H22N2O2. The lowest BCUT2D eigenvalue weighted by Gasteiger charge is -2.23. The fourth-order valence-corrected chi connectivity index (χ4v) is 3.10. The van der Waals surface area contributed by atoms with Crippen molar-refractivity contribution in [3.63, 3.8) is 0 Å². The second-order valence-electron chi connectivity index (χ2n) is 5.73. The molecule has 0 spiro atoms. The Morgan fingerprint density at radius 1 is 1.48 bits per heavy atom.